The van der Waals surface area contributed by atoms with E-state index in [0.717, 1.165) is 18.4 Å². The monoisotopic (exact) mass is 454 g/mol. The SMILES string of the molecule is C=C1C[C@H]2OC(=O)[C@@H](C)[C@H]2C[C@@H]2[C@@H]1CC[C@@]2(C)O[C@H]1O[C@H](COC(C)=O)[C@@H](O)[C@H](O)[C@H]1O. The van der Waals surface area contributed by atoms with Gasteiger partial charge in [-0.1, -0.05) is 19.1 Å². The van der Waals surface area contributed by atoms with Crippen LogP contribution in [0.25, 0.3) is 0 Å². The van der Waals surface area contributed by atoms with Crippen molar-refractivity contribution in [3.05, 3.63) is 12.2 Å². The molecule has 0 spiro atoms. The van der Waals surface area contributed by atoms with Crippen LogP contribution in [0.5, 0.6) is 0 Å². The van der Waals surface area contributed by atoms with Gasteiger partial charge in [0.2, 0.25) is 0 Å². The van der Waals surface area contributed by atoms with Crippen molar-refractivity contribution in [1.29, 1.82) is 0 Å². The van der Waals surface area contributed by atoms with Gasteiger partial charge in [-0.05, 0) is 38.0 Å². The van der Waals surface area contributed by atoms with Crippen LogP contribution in [0.15, 0.2) is 12.2 Å². The second-order valence-electron chi connectivity index (χ2n) is 10.0. The first-order valence-corrected chi connectivity index (χ1v) is 11.4. The molecule has 2 saturated carbocycles. The third kappa shape index (κ3) is 4.09. The molecule has 2 aliphatic carbocycles. The van der Waals surface area contributed by atoms with Crippen LogP contribution in [0.1, 0.15) is 46.5 Å². The van der Waals surface area contributed by atoms with E-state index in [1.54, 1.807) is 0 Å². The van der Waals surface area contributed by atoms with Crippen molar-refractivity contribution in [2.24, 2.45) is 23.7 Å². The van der Waals surface area contributed by atoms with E-state index in [0.29, 0.717) is 12.8 Å². The lowest BCUT2D eigenvalue weighted by molar-refractivity contribution is -0.330. The Balaban J connectivity index is 1.53. The van der Waals surface area contributed by atoms with Crippen LogP contribution < -0.4 is 0 Å². The molecule has 3 N–H and O–H groups in total. The van der Waals surface area contributed by atoms with E-state index >= 15 is 0 Å². The highest BCUT2D eigenvalue weighted by Gasteiger charge is 2.56. The van der Waals surface area contributed by atoms with Crippen LogP contribution in [0.4, 0.5) is 0 Å². The van der Waals surface area contributed by atoms with Crippen molar-refractivity contribution in [3.8, 4) is 0 Å². The molecule has 4 rings (SSSR count). The summed E-state index contributed by atoms with van der Waals surface area (Å²) in [6.45, 7) is 9.11. The molecule has 0 aromatic rings. The molecule has 9 heteroatoms. The normalized spacial score (nSPS) is 48.6. The second-order valence-corrected chi connectivity index (χ2v) is 10.0. The quantitative estimate of drug-likeness (QED) is 0.414. The third-order valence-corrected chi connectivity index (χ3v) is 8.00. The summed E-state index contributed by atoms with van der Waals surface area (Å²) in [5, 5.41) is 31.1. The highest BCUT2D eigenvalue weighted by Crippen LogP contribution is 2.55. The molecule has 0 radical (unpaired) electrons. The largest absolute Gasteiger partial charge is 0.463 e. The van der Waals surface area contributed by atoms with Gasteiger partial charge in [0.25, 0.3) is 0 Å². The lowest BCUT2D eigenvalue weighted by Gasteiger charge is -2.45. The summed E-state index contributed by atoms with van der Waals surface area (Å²) in [6.07, 6.45) is -3.87. The summed E-state index contributed by atoms with van der Waals surface area (Å²) in [5.41, 5.74) is 0.345. The zero-order chi connectivity index (χ0) is 23.4. The Morgan fingerprint density at radius 3 is 2.66 bits per heavy atom. The van der Waals surface area contributed by atoms with Gasteiger partial charge in [0, 0.05) is 19.3 Å². The van der Waals surface area contributed by atoms with Crippen LogP contribution in [0, 0.1) is 23.7 Å². The van der Waals surface area contributed by atoms with E-state index in [2.05, 4.69) is 6.58 Å². The molecule has 2 aliphatic heterocycles. The fourth-order valence-electron chi connectivity index (χ4n) is 6.01. The highest BCUT2D eigenvalue weighted by molar-refractivity contribution is 5.75. The molecule has 2 saturated heterocycles. The Labute approximate surface area is 187 Å². The number of rotatable bonds is 4. The van der Waals surface area contributed by atoms with Crippen LogP contribution in [-0.2, 0) is 28.5 Å². The number of ether oxygens (including phenoxy) is 4. The maximum absolute atomic E-state index is 12.2. The van der Waals surface area contributed by atoms with E-state index in [9.17, 15) is 24.9 Å². The summed E-state index contributed by atoms with van der Waals surface area (Å²) >= 11 is 0. The lowest BCUT2D eigenvalue weighted by Crippen LogP contribution is -2.61. The van der Waals surface area contributed by atoms with E-state index in [4.69, 9.17) is 18.9 Å². The zero-order valence-electron chi connectivity index (χ0n) is 18.8. The Morgan fingerprint density at radius 2 is 1.97 bits per heavy atom. The first-order chi connectivity index (χ1) is 15.0. The first-order valence-electron chi connectivity index (χ1n) is 11.4. The standard InChI is InChI=1S/C23H34O9/c1-10-7-16-14(11(2)21(28)30-16)8-15-13(10)5-6-23(15,4)32-22-20(27)19(26)18(25)17(31-22)9-29-12(3)24/h11,13-20,22,25-27H,1,5-9H2,2-4H3/t11-,13+,14+,15+,16+,17+,18+,19-,20+,22+,23+/m0/s1. The molecule has 180 valence electrons. The van der Waals surface area contributed by atoms with Crippen molar-refractivity contribution in [2.75, 3.05) is 6.61 Å². The molecular weight excluding hydrogens is 420 g/mol. The highest BCUT2D eigenvalue weighted by atomic mass is 16.7. The minimum atomic E-state index is -1.51. The molecule has 4 fully saturated rings. The van der Waals surface area contributed by atoms with Crippen LogP contribution >= 0.6 is 0 Å². The van der Waals surface area contributed by atoms with Crippen molar-refractivity contribution in [2.45, 2.75) is 88.9 Å². The summed E-state index contributed by atoms with van der Waals surface area (Å²) in [4.78, 5) is 23.3. The van der Waals surface area contributed by atoms with Gasteiger partial charge >= 0.3 is 11.9 Å². The average molecular weight is 455 g/mol. The summed E-state index contributed by atoms with van der Waals surface area (Å²) in [5.74, 6) is -0.616. The molecule has 0 aromatic heterocycles. The van der Waals surface area contributed by atoms with Gasteiger partial charge in [-0.3, -0.25) is 9.59 Å². The minimum Gasteiger partial charge on any atom is -0.463 e. The fraction of sp³-hybridized carbons (Fsp3) is 0.826. The molecule has 9 nitrogen and oxygen atoms in total. The Morgan fingerprint density at radius 1 is 1.25 bits per heavy atom. The molecular formula is C23H34O9. The van der Waals surface area contributed by atoms with Gasteiger partial charge in [0.1, 0.15) is 37.1 Å². The number of aliphatic hydroxyl groups is 3. The molecule has 11 atom stereocenters. The van der Waals surface area contributed by atoms with Crippen LogP contribution in [0.3, 0.4) is 0 Å². The number of hydrogen-bond acceptors (Lipinski definition) is 9. The predicted octanol–water partition coefficient (Wildman–Crippen LogP) is 0.686. The van der Waals surface area contributed by atoms with Gasteiger partial charge in [-0.15, -0.1) is 0 Å². The van der Waals surface area contributed by atoms with E-state index in [1.165, 1.54) is 6.92 Å². The number of hydrogen-bond donors (Lipinski definition) is 3. The molecule has 0 unspecified atom stereocenters. The van der Waals surface area contributed by atoms with Gasteiger partial charge in [-0.25, -0.2) is 0 Å². The zero-order valence-corrected chi connectivity index (χ0v) is 18.8. The number of esters is 2. The van der Waals surface area contributed by atoms with Gasteiger partial charge in [0.15, 0.2) is 6.29 Å². The fourth-order valence-corrected chi connectivity index (χ4v) is 6.01. The van der Waals surface area contributed by atoms with E-state index < -0.39 is 42.3 Å². The predicted molar refractivity (Wildman–Crippen MR) is 110 cm³/mol. The lowest BCUT2D eigenvalue weighted by atomic mass is 9.77. The maximum Gasteiger partial charge on any atom is 0.309 e. The maximum atomic E-state index is 12.2. The van der Waals surface area contributed by atoms with Crippen molar-refractivity contribution < 1.29 is 43.9 Å². The minimum absolute atomic E-state index is 0.0358. The van der Waals surface area contributed by atoms with E-state index in [1.807, 2.05) is 13.8 Å². The Bertz CT molecular complexity index is 769. The summed E-state index contributed by atoms with van der Waals surface area (Å²) in [6, 6.07) is 0. The molecule has 0 amide bonds. The third-order valence-electron chi connectivity index (χ3n) is 8.00. The van der Waals surface area contributed by atoms with Crippen LogP contribution in [0.2, 0.25) is 0 Å². The Hall–Kier alpha value is -1.52. The molecule has 0 aromatic carbocycles. The first kappa shape index (κ1) is 23.6. The number of aliphatic hydroxyl groups excluding tert-OH is 3. The number of carbonyl (C=O) groups is 2. The Kier molecular flexibility index (Phi) is 6.41. The molecule has 32 heavy (non-hydrogen) atoms. The molecule has 2 heterocycles. The van der Waals surface area contributed by atoms with E-state index in [-0.39, 0.29) is 42.4 Å². The van der Waals surface area contributed by atoms with Gasteiger partial charge in [0.05, 0.1) is 11.5 Å². The smallest absolute Gasteiger partial charge is 0.309 e. The van der Waals surface area contributed by atoms with Crippen molar-refractivity contribution in [3.63, 3.8) is 0 Å². The molecule has 0 bridgehead atoms. The second kappa shape index (κ2) is 8.68. The summed E-state index contributed by atoms with van der Waals surface area (Å²) in [7, 11) is 0. The number of carbonyl (C=O) groups excluding carboxylic acids is 2. The van der Waals surface area contributed by atoms with Crippen molar-refractivity contribution >= 4 is 11.9 Å². The van der Waals surface area contributed by atoms with Gasteiger partial charge < -0.3 is 34.3 Å². The topological polar surface area (TPSA) is 132 Å². The summed E-state index contributed by atoms with van der Waals surface area (Å²) < 4.78 is 22.6. The average Bonchev–Trinajstić information content (AvgIpc) is 3.13. The van der Waals surface area contributed by atoms with Crippen molar-refractivity contribution in [1.82, 2.24) is 0 Å². The molecule has 4 aliphatic rings. The van der Waals surface area contributed by atoms with Crippen LogP contribution in [-0.4, -0.2) is 76.3 Å². The number of fused-ring (bicyclic) bond motifs is 2. The van der Waals surface area contributed by atoms with Gasteiger partial charge in [-0.2, -0.15) is 0 Å².